The molecule has 11 heteroatoms. The number of ketones is 2. The number of carbonyl (C=O) groups is 3. The molecule has 4 aliphatic rings. The number of fused-ring (bicyclic) bond motifs is 3. The van der Waals surface area contributed by atoms with Crippen LogP contribution in [0, 0.1) is 11.8 Å². The van der Waals surface area contributed by atoms with E-state index in [1.807, 2.05) is 7.05 Å². The highest BCUT2D eigenvalue weighted by atomic mass is 16.3. The number of amides is 1. The van der Waals surface area contributed by atoms with Gasteiger partial charge in [0.2, 0.25) is 5.78 Å². The highest BCUT2D eigenvalue weighted by Gasteiger charge is 2.63. The van der Waals surface area contributed by atoms with Crippen molar-refractivity contribution < 1.29 is 34.8 Å². The fraction of sp³-hybridized carbons (Fsp3) is 0.519. The molecule has 11 nitrogen and oxygen atoms in total. The molecule has 1 aromatic carbocycles. The lowest BCUT2D eigenvalue weighted by Crippen LogP contribution is -2.63. The van der Waals surface area contributed by atoms with Gasteiger partial charge in [0.1, 0.15) is 22.8 Å². The molecule has 0 saturated carbocycles. The third-order valence-electron chi connectivity index (χ3n) is 8.67. The number of phenols is 1. The average Bonchev–Trinajstić information content (AvgIpc) is 2.84. The van der Waals surface area contributed by atoms with Gasteiger partial charge in [0.05, 0.1) is 17.3 Å². The Hall–Kier alpha value is -3.41. The second-order valence-electron chi connectivity index (χ2n) is 11.2. The maximum absolute atomic E-state index is 13.8. The zero-order valence-corrected chi connectivity index (χ0v) is 21.7. The number of likely N-dealkylation sites (N-methyl/N-ethyl adjacent to an activating group) is 1. The Morgan fingerprint density at radius 1 is 1.16 bits per heavy atom. The van der Waals surface area contributed by atoms with Gasteiger partial charge in [0.15, 0.2) is 11.4 Å². The predicted molar refractivity (Wildman–Crippen MR) is 138 cm³/mol. The van der Waals surface area contributed by atoms with Crippen LogP contribution in [0.4, 0.5) is 5.69 Å². The maximum atomic E-state index is 13.8. The van der Waals surface area contributed by atoms with E-state index in [0.29, 0.717) is 11.3 Å². The van der Waals surface area contributed by atoms with Crippen LogP contribution in [0.3, 0.4) is 0 Å². The summed E-state index contributed by atoms with van der Waals surface area (Å²) in [5.74, 6) is -6.45. The van der Waals surface area contributed by atoms with Crippen LogP contribution in [0.5, 0.6) is 5.75 Å². The molecule has 1 aliphatic heterocycles. The first kappa shape index (κ1) is 26.2. The second-order valence-corrected chi connectivity index (χ2v) is 11.2. The molecule has 4 atom stereocenters. The van der Waals surface area contributed by atoms with Crippen LogP contribution in [0.15, 0.2) is 34.8 Å². The van der Waals surface area contributed by atoms with Crippen molar-refractivity contribution in [2.45, 2.75) is 43.4 Å². The first-order chi connectivity index (χ1) is 17.9. The number of rotatable bonds is 4. The van der Waals surface area contributed by atoms with Gasteiger partial charge in [-0.3, -0.25) is 19.3 Å². The van der Waals surface area contributed by atoms with Crippen LogP contribution in [-0.4, -0.2) is 99.6 Å². The van der Waals surface area contributed by atoms with Crippen LogP contribution in [0.2, 0.25) is 0 Å². The number of piperidine rings is 1. The van der Waals surface area contributed by atoms with Crippen LogP contribution in [0.25, 0.3) is 0 Å². The molecule has 3 aliphatic carbocycles. The van der Waals surface area contributed by atoms with Gasteiger partial charge in [-0.1, -0.05) is 6.07 Å². The van der Waals surface area contributed by atoms with Crippen molar-refractivity contribution in [3.05, 3.63) is 45.9 Å². The molecule has 0 radical (unpaired) electrons. The van der Waals surface area contributed by atoms with Crippen molar-refractivity contribution in [1.29, 1.82) is 0 Å². The number of carbonyl (C=O) groups excluding carboxylic acids is 3. The van der Waals surface area contributed by atoms with Crippen molar-refractivity contribution in [3.8, 4) is 5.75 Å². The lowest BCUT2D eigenvalue weighted by atomic mass is 9.58. The molecule has 0 bridgehead atoms. The summed E-state index contributed by atoms with van der Waals surface area (Å²) in [4.78, 5) is 43.0. The van der Waals surface area contributed by atoms with Gasteiger partial charge in [0, 0.05) is 17.5 Å². The van der Waals surface area contributed by atoms with Crippen LogP contribution in [0.1, 0.15) is 35.2 Å². The number of anilines is 1. The predicted octanol–water partition coefficient (Wildman–Crippen LogP) is 0.627. The zero-order valence-electron chi connectivity index (χ0n) is 21.7. The molecule has 0 aromatic heterocycles. The summed E-state index contributed by atoms with van der Waals surface area (Å²) in [6, 6.07) is 2.64. The molecule has 0 unspecified atom stereocenters. The van der Waals surface area contributed by atoms with Gasteiger partial charge in [-0.05, 0) is 77.5 Å². The molecular formula is C27H34N4O7. The molecule has 5 rings (SSSR count). The molecule has 1 saturated heterocycles. The quantitative estimate of drug-likeness (QED) is 0.241. The number of aromatic hydroxyl groups is 1. The van der Waals surface area contributed by atoms with Gasteiger partial charge < -0.3 is 36.4 Å². The Kier molecular flexibility index (Phi) is 6.28. The summed E-state index contributed by atoms with van der Waals surface area (Å²) in [5, 5.41) is 48.3. The van der Waals surface area contributed by atoms with Crippen LogP contribution in [-0.2, 0) is 16.0 Å². The van der Waals surface area contributed by atoms with E-state index in [-0.39, 0.29) is 35.8 Å². The third-order valence-corrected chi connectivity index (χ3v) is 8.67. The van der Waals surface area contributed by atoms with Gasteiger partial charge in [-0.2, -0.15) is 0 Å². The molecular weight excluding hydrogens is 492 g/mol. The summed E-state index contributed by atoms with van der Waals surface area (Å²) in [6.45, 7) is 1.81. The molecule has 7 N–H and O–H groups in total. The van der Waals surface area contributed by atoms with E-state index >= 15 is 0 Å². The van der Waals surface area contributed by atoms with E-state index in [1.165, 1.54) is 4.90 Å². The minimum absolute atomic E-state index is 0.0173. The lowest BCUT2D eigenvalue weighted by molar-refractivity contribution is -0.148. The molecule has 1 heterocycles. The number of nitrogens with two attached hydrogens (primary N) is 1. The number of aliphatic hydroxyl groups excluding tert-OH is 2. The van der Waals surface area contributed by atoms with Crippen molar-refractivity contribution >= 4 is 23.2 Å². The number of nitrogens with one attached hydrogen (secondary N) is 1. The topological polar surface area (TPSA) is 177 Å². The normalized spacial score (nSPS) is 30.3. The molecule has 0 spiro atoms. The minimum Gasteiger partial charge on any atom is -0.510 e. The van der Waals surface area contributed by atoms with Crippen LogP contribution >= 0.6 is 0 Å². The Labute approximate surface area is 220 Å². The molecule has 38 heavy (non-hydrogen) atoms. The Balaban J connectivity index is 1.58. The van der Waals surface area contributed by atoms with Crippen LogP contribution < -0.4 is 11.1 Å². The number of likely N-dealkylation sites (tertiary alicyclic amines) is 1. The van der Waals surface area contributed by atoms with Gasteiger partial charge in [-0.15, -0.1) is 0 Å². The lowest BCUT2D eigenvalue weighted by Gasteiger charge is -2.50. The standard InChI is InChI=1S/C27H34N4O7/c1-30(2)20-15-11-13-10-12-4-5-16(29-14-6-8-31(3)9-7-14)21(32)17(12)22(33)18(13)24(35)27(15,38)25(36)19(23(20)34)26(28)37/h4-5,13-15,20,29,32,34-35,38H,6-11H2,1-3H3,(H2,28,37)/t13-,15-,20-,27-/m0/s1. The van der Waals surface area contributed by atoms with Gasteiger partial charge in [-0.25, -0.2) is 0 Å². The minimum atomic E-state index is -2.63. The van der Waals surface area contributed by atoms with Crippen molar-refractivity contribution in [2.75, 3.05) is 39.5 Å². The highest BCUT2D eigenvalue weighted by Crippen LogP contribution is 2.52. The summed E-state index contributed by atoms with van der Waals surface area (Å²) < 4.78 is 0. The number of Topliss-reactive ketones (excluding diaryl/α,β-unsaturated/α-hetero) is 2. The number of aliphatic hydroxyl groups is 3. The van der Waals surface area contributed by atoms with E-state index in [0.717, 1.165) is 25.9 Å². The van der Waals surface area contributed by atoms with E-state index in [1.54, 1.807) is 26.2 Å². The number of nitrogens with zero attached hydrogens (tertiary/aromatic N) is 2. The summed E-state index contributed by atoms with van der Waals surface area (Å²) in [5.41, 5.74) is 2.78. The van der Waals surface area contributed by atoms with Crippen molar-refractivity contribution in [2.24, 2.45) is 17.6 Å². The smallest absolute Gasteiger partial charge is 0.255 e. The highest BCUT2D eigenvalue weighted by molar-refractivity contribution is 6.24. The van der Waals surface area contributed by atoms with Crippen molar-refractivity contribution in [1.82, 2.24) is 9.80 Å². The fourth-order valence-corrected chi connectivity index (χ4v) is 6.71. The van der Waals surface area contributed by atoms with Crippen molar-refractivity contribution in [3.63, 3.8) is 0 Å². The SMILES string of the molecule is CN1CCC(Nc2ccc3c(c2O)C(=O)C2=C(O)[C@]4(O)C(=O)C(C(N)=O)=C(O)[C@@H](N(C)C)[C@@H]4C[C@@H]2C3)CC1. The third kappa shape index (κ3) is 3.71. The molecule has 1 fully saturated rings. The number of hydrogen-bond acceptors (Lipinski definition) is 10. The first-order valence-electron chi connectivity index (χ1n) is 12.8. The fourth-order valence-electron chi connectivity index (χ4n) is 6.71. The molecule has 204 valence electrons. The maximum Gasteiger partial charge on any atom is 0.255 e. The second kappa shape index (κ2) is 9.11. The summed E-state index contributed by atoms with van der Waals surface area (Å²) >= 11 is 0. The number of phenolic OH excluding ortho intramolecular Hbond substituents is 1. The number of hydrogen-bond donors (Lipinski definition) is 6. The summed E-state index contributed by atoms with van der Waals surface area (Å²) in [6.07, 6.45) is 2.10. The number of primary amides is 1. The van der Waals surface area contributed by atoms with E-state index in [9.17, 15) is 34.8 Å². The molecule has 1 aromatic rings. The average molecular weight is 527 g/mol. The number of allylic oxidation sites excluding steroid dienone is 1. The van der Waals surface area contributed by atoms with Gasteiger partial charge in [0.25, 0.3) is 5.91 Å². The first-order valence-corrected chi connectivity index (χ1v) is 12.8. The Morgan fingerprint density at radius 2 is 1.82 bits per heavy atom. The zero-order chi connectivity index (χ0) is 27.7. The monoisotopic (exact) mass is 526 g/mol. The Bertz CT molecular complexity index is 1290. The van der Waals surface area contributed by atoms with E-state index < -0.39 is 58.0 Å². The summed E-state index contributed by atoms with van der Waals surface area (Å²) in [7, 11) is 5.25. The molecule has 1 amide bonds. The largest absolute Gasteiger partial charge is 0.510 e. The van der Waals surface area contributed by atoms with E-state index in [4.69, 9.17) is 5.73 Å². The Morgan fingerprint density at radius 3 is 2.42 bits per heavy atom. The van der Waals surface area contributed by atoms with Gasteiger partial charge >= 0.3 is 0 Å². The van der Waals surface area contributed by atoms with E-state index in [2.05, 4.69) is 10.2 Å². The number of benzene rings is 1.